The van der Waals surface area contributed by atoms with Gasteiger partial charge in [-0.25, -0.2) is 8.42 Å². The lowest BCUT2D eigenvalue weighted by molar-refractivity contribution is -0.458. The van der Waals surface area contributed by atoms with Gasteiger partial charge in [0.2, 0.25) is 9.84 Å². The Morgan fingerprint density at radius 3 is 2.75 bits per heavy atom. The molecule has 7 heteroatoms. The van der Waals surface area contributed by atoms with Gasteiger partial charge in [-0.3, -0.25) is 10.1 Å². The van der Waals surface area contributed by atoms with E-state index in [0.717, 1.165) is 10.1 Å². The summed E-state index contributed by atoms with van der Waals surface area (Å²) in [6, 6.07) is 6.31. The number of hydrogen-bond acceptors (Lipinski definition) is 5. The Morgan fingerprint density at radius 1 is 1.31 bits per heavy atom. The SMILES string of the molecule is O=[N+]([O-])CS(=O)(=O)c1ccc2sccc2c1. The molecule has 0 bridgehead atoms. The molecule has 0 atom stereocenters. The van der Waals surface area contributed by atoms with E-state index in [-0.39, 0.29) is 4.90 Å². The molecule has 16 heavy (non-hydrogen) atoms. The maximum atomic E-state index is 11.6. The molecule has 0 N–H and O–H groups in total. The second kappa shape index (κ2) is 3.84. The van der Waals surface area contributed by atoms with Crippen LogP contribution in [0.4, 0.5) is 0 Å². The van der Waals surface area contributed by atoms with Crippen molar-refractivity contribution in [3.05, 3.63) is 39.8 Å². The molecule has 0 aliphatic heterocycles. The van der Waals surface area contributed by atoms with E-state index < -0.39 is 20.6 Å². The number of hydrogen-bond donors (Lipinski definition) is 0. The number of nitrogens with zero attached hydrogens (tertiary/aromatic N) is 1. The number of benzene rings is 1. The standard InChI is InChI=1S/C9H7NO4S2/c11-10(12)6-16(13,14)8-1-2-9-7(5-8)3-4-15-9/h1-5H,6H2. The van der Waals surface area contributed by atoms with Crippen molar-refractivity contribution >= 4 is 31.3 Å². The number of rotatable bonds is 3. The molecule has 0 aliphatic rings. The first-order chi connectivity index (χ1) is 7.49. The molecule has 0 aliphatic carbocycles. The van der Waals surface area contributed by atoms with Crippen LogP contribution in [-0.2, 0) is 9.84 Å². The highest BCUT2D eigenvalue weighted by Gasteiger charge is 2.21. The molecule has 0 fully saturated rings. The normalized spacial score (nSPS) is 11.8. The second-order valence-corrected chi connectivity index (χ2v) is 6.10. The van der Waals surface area contributed by atoms with Crippen LogP contribution in [0, 0.1) is 10.1 Å². The number of thiophene rings is 1. The molecule has 1 aromatic heterocycles. The van der Waals surface area contributed by atoms with Crippen LogP contribution in [0.1, 0.15) is 0 Å². The van der Waals surface area contributed by atoms with Gasteiger partial charge in [0.15, 0.2) is 0 Å². The molecule has 0 unspecified atom stereocenters. The maximum absolute atomic E-state index is 11.6. The zero-order chi connectivity index (χ0) is 11.8. The predicted octanol–water partition coefficient (Wildman–Crippen LogP) is 1.91. The van der Waals surface area contributed by atoms with Gasteiger partial charge >= 0.3 is 5.88 Å². The van der Waals surface area contributed by atoms with Crippen LogP contribution < -0.4 is 0 Å². The molecule has 0 radical (unpaired) electrons. The smallest absolute Gasteiger partial charge is 0.263 e. The largest absolute Gasteiger partial charge is 0.305 e. The summed E-state index contributed by atoms with van der Waals surface area (Å²) in [5.74, 6) is -1.07. The third kappa shape index (κ3) is 2.05. The monoisotopic (exact) mass is 257 g/mol. The zero-order valence-electron chi connectivity index (χ0n) is 7.99. The third-order valence-corrected chi connectivity index (χ3v) is 4.48. The molecule has 2 aromatic rings. The van der Waals surface area contributed by atoms with Crippen LogP contribution in [0.25, 0.3) is 10.1 Å². The summed E-state index contributed by atoms with van der Waals surface area (Å²) in [6.07, 6.45) is 0. The predicted molar refractivity (Wildman–Crippen MR) is 60.9 cm³/mol. The van der Waals surface area contributed by atoms with Crippen LogP contribution in [0.15, 0.2) is 34.5 Å². The lowest BCUT2D eigenvalue weighted by Crippen LogP contribution is -2.14. The summed E-state index contributed by atoms with van der Waals surface area (Å²) < 4.78 is 24.1. The van der Waals surface area contributed by atoms with E-state index in [1.807, 2.05) is 5.38 Å². The summed E-state index contributed by atoms with van der Waals surface area (Å²) in [6.45, 7) is 0. The van der Waals surface area contributed by atoms with Crippen molar-refractivity contribution in [1.29, 1.82) is 0 Å². The zero-order valence-corrected chi connectivity index (χ0v) is 9.62. The Bertz CT molecular complexity index is 644. The van der Waals surface area contributed by atoms with E-state index in [1.54, 1.807) is 12.1 Å². The fourth-order valence-electron chi connectivity index (χ4n) is 1.35. The summed E-state index contributed by atoms with van der Waals surface area (Å²) in [5.41, 5.74) is 0. The lowest BCUT2D eigenvalue weighted by atomic mass is 10.3. The van der Waals surface area contributed by atoms with E-state index in [1.165, 1.54) is 23.5 Å². The summed E-state index contributed by atoms with van der Waals surface area (Å²) in [4.78, 5) is 9.39. The van der Waals surface area contributed by atoms with Crippen molar-refractivity contribution < 1.29 is 13.3 Å². The molecule has 1 heterocycles. The van der Waals surface area contributed by atoms with Gasteiger partial charge in [-0.15, -0.1) is 11.3 Å². The second-order valence-electron chi connectivity index (χ2n) is 3.20. The average Bonchev–Trinajstić information content (AvgIpc) is 2.61. The fraction of sp³-hybridized carbons (Fsp3) is 0.111. The molecule has 2 rings (SSSR count). The van der Waals surface area contributed by atoms with Gasteiger partial charge in [0.1, 0.15) is 0 Å². The van der Waals surface area contributed by atoms with Crippen LogP contribution in [-0.4, -0.2) is 19.2 Å². The van der Waals surface area contributed by atoms with Crippen molar-refractivity contribution in [2.24, 2.45) is 0 Å². The quantitative estimate of drug-likeness (QED) is 0.621. The summed E-state index contributed by atoms with van der Waals surface area (Å²) in [7, 11) is -3.82. The molecule has 5 nitrogen and oxygen atoms in total. The maximum Gasteiger partial charge on any atom is 0.305 e. The molecular formula is C9H7NO4S2. The van der Waals surface area contributed by atoms with Gasteiger partial charge in [-0.2, -0.15) is 0 Å². The molecule has 1 aromatic carbocycles. The van der Waals surface area contributed by atoms with Crippen molar-refractivity contribution in [2.45, 2.75) is 4.90 Å². The van der Waals surface area contributed by atoms with Crippen molar-refractivity contribution in [3.8, 4) is 0 Å². The first-order valence-electron chi connectivity index (χ1n) is 4.31. The molecule has 84 valence electrons. The van der Waals surface area contributed by atoms with Crippen LogP contribution >= 0.6 is 11.3 Å². The Kier molecular flexibility index (Phi) is 2.64. The van der Waals surface area contributed by atoms with Crippen LogP contribution in [0.5, 0.6) is 0 Å². The minimum absolute atomic E-state index is 0.00454. The van der Waals surface area contributed by atoms with E-state index in [4.69, 9.17) is 0 Å². The Hall–Kier alpha value is -1.47. The van der Waals surface area contributed by atoms with Gasteiger partial charge in [-0.05, 0) is 35.0 Å². The highest BCUT2D eigenvalue weighted by molar-refractivity contribution is 7.91. The molecule has 0 spiro atoms. The van der Waals surface area contributed by atoms with E-state index >= 15 is 0 Å². The lowest BCUT2D eigenvalue weighted by Gasteiger charge is -1.99. The highest BCUT2D eigenvalue weighted by atomic mass is 32.2. The fourth-order valence-corrected chi connectivity index (χ4v) is 3.13. The first kappa shape index (κ1) is 11.0. The van der Waals surface area contributed by atoms with Gasteiger partial charge in [-0.1, -0.05) is 0 Å². The average molecular weight is 257 g/mol. The van der Waals surface area contributed by atoms with Crippen LogP contribution in [0.2, 0.25) is 0 Å². The summed E-state index contributed by atoms with van der Waals surface area (Å²) >= 11 is 1.49. The number of sulfone groups is 1. The first-order valence-corrected chi connectivity index (χ1v) is 6.84. The topological polar surface area (TPSA) is 77.3 Å². The van der Waals surface area contributed by atoms with Gasteiger partial charge in [0, 0.05) is 9.62 Å². The van der Waals surface area contributed by atoms with Crippen molar-refractivity contribution in [2.75, 3.05) is 5.88 Å². The van der Waals surface area contributed by atoms with E-state index in [0.29, 0.717) is 0 Å². The minimum atomic E-state index is -3.82. The van der Waals surface area contributed by atoms with Gasteiger partial charge in [0.25, 0.3) is 0 Å². The summed E-state index contributed by atoms with van der Waals surface area (Å²) in [5, 5.41) is 12.9. The minimum Gasteiger partial charge on any atom is -0.263 e. The number of nitro groups is 1. The third-order valence-electron chi connectivity index (χ3n) is 2.06. The van der Waals surface area contributed by atoms with E-state index in [2.05, 4.69) is 0 Å². The Morgan fingerprint density at radius 2 is 2.06 bits per heavy atom. The Labute approximate surface area is 95.4 Å². The van der Waals surface area contributed by atoms with Crippen LogP contribution in [0.3, 0.4) is 0 Å². The molecule has 0 saturated carbocycles. The highest BCUT2D eigenvalue weighted by Crippen LogP contribution is 2.24. The molecular weight excluding hydrogens is 250 g/mol. The van der Waals surface area contributed by atoms with Crippen molar-refractivity contribution in [1.82, 2.24) is 0 Å². The molecule has 0 saturated heterocycles. The van der Waals surface area contributed by atoms with E-state index in [9.17, 15) is 18.5 Å². The number of fused-ring (bicyclic) bond motifs is 1. The molecule has 0 amide bonds. The van der Waals surface area contributed by atoms with Crippen molar-refractivity contribution in [3.63, 3.8) is 0 Å². The van der Waals surface area contributed by atoms with Gasteiger partial charge < -0.3 is 0 Å². The Balaban J connectivity index is 2.50. The van der Waals surface area contributed by atoms with Gasteiger partial charge in [0.05, 0.1) is 4.90 Å².